The first-order valence-electron chi connectivity index (χ1n) is 6.15. The van der Waals surface area contributed by atoms with Crippen molar-refractivity contribution in [1.29, 1.82) is 5.26 Å². The molecule has 1 aromatic heterocycles. The molecule has 2 rings (SSSR count). The molecule has 4 nitrogen and oxygen atoms in total. The molecule has 0 saturated carbocycles. The molecule has 0 aromatic carbocycles. The number of rotatable bonds is 5. The molecule has 1 N–H and O–H groups in total. The van der Waals surface area contributed by atoms with Crippen LogP contribution in [0.25, 0.3) is 0 Å². The number of aromatic nitrogens is 2. The van der Waals surface area contributed by atoms with Crippen LogP contribution in [0.1, 0.15) is 19.8 Å². The molecule has 0 bridgehead atoms. The van der Waals surface area contributed by atoms with Crippen molar-refractivity contribution in [2.45, 2.75) is 44.2 Å². The number of hydrogen-bond acceptors (Lipinski definition) is 4. The van der Waals surface area contributed by atoms with Crippen molar-refractivity contribution in [2.24, 2.45) is 0 Å². The van der Waals surface area contributed by atoms with Gasteiger partial charge in [-0.2, -0.15) is 5.10 Å². The lowest BCUT2D eigenvalue weighted by Crippen LogP contribution is -2.05. The van der Waals surface area contributed by atoms with Crippen LogP contribution < -0.4 is 4.72 Å². The van der Waals surface area contributed by atoms with Crippen LogP contribution in [0.4, 0.5) is 5.69 Å². The first kappa shape index (κ1) is 12.4. The number of nitrogens with zero attached hydrogens (tertiary/aromatic N) is 3. The summed E-state index contributed by atoms with van der Waals surface area (Å²) in [5.74, 6) is 2.36. The van der Waals surface area contributed by atoms with E-state index in [2.05, 4.69) is 22.7 Å². The Kier molecular flexibility index (Phi) is 4.38. The quantitative estimate of drug-likeness (QED) is 0.643. The number of hydrogen-bond donors (Lipinski definition) is 1. The summed E-state index contributed by atoms with van der Waals surface area (Å²) in [4.78, 5) is 0. The van der Waals surface area contributed by atoms with Crippen LogP contribution >= 0.6 is 11.9 Å². The highest BCUT2D eigenvalue weighted by Gasteiger charge is 2.28. The summed E-state index contributed by atoms with van der Waals surface area (Å²) in [7, 11) is 0. The molecule has 1 aliphatic heterocycles. The Balaban J connectivity index is 1.76. The van der Waals surface area contributed by atoms with Gasteiger partial charge >= 0.3 is 0 Å². The fraction of sp³-hybridized carbons (Fsp3) is 0.636. The minimum Gasteiger partial charge on any atom is -0.327 e. The van der Waals surface area contributed by atoms with Crippen LogP contribution in [-0.2, 0) is 6.54 Å². The molecular weight excluding hydrogens is 231 g/mol. The molecule has 1 fully saturated rings. The van der Waals surface area contributed by atoms with Gasteiger partial charge in [-0.3, -0.25) is 4.68 Å². The maximum atomic E-state index is 8.84. The lowest BCUT2D eigenvalue weighted by atomic mass is 9.50. The van der Waals surface area contributed by atoms with Crippen molar-refractivity contribution in [1.82, 2.24) is 9.78 Å². The second-order valence-corrected chi connectivity index (χ2v) is 5.58. The van der Waals surface area contributed by atoms with E-state index in [1.54, 1.807) is 11.9 Å². The van der Waals surface area contributed by atoms with Crippen LogP contribution in [0.2, 0.25) is 12.6 Å². The Labute approximate surface area is 107 Å². The van der Waals surface area contributed by atoms with Gasteiger partial charge < -0.3 is 4.72 Å². The molecule has 6 heteroatoms. The molecule has 1 aromatic rings. The van der Waals surface area contributed by atoms with Gasteiger partial charge in [0.05, 0.1) is 11.9 Å². The van der Waals surface area contributed by atoms with Crippen molar-refractivity contribution in [3.05, 3.63) is 12.4 Å². The first-order chi connectivity index (χ1) is 8.31. The molecule has 90 valence electrons. The van der Waals surface area contributed by atoms with Crippen molar-refractivity contribution < 1.29 is 0 Å². The van der Waals surface area contributed by atoms with E-state index in [0.29, 0.717) is 5.25 Å². The van der Waals surface area contributed by atoms with Gasteiger partial charge in [-0.15, -0.1) is 0 Å². The normalized spacial score (nSPS) is 19.3. The Hall–Kier alpha value is -1.09. The van der Waals surface area contributed by atoms with E-state index >= 15 is 0 Å². The lowest BCUT2D eigenvalue weighted by molar-refractivity contribution is 0.603. The molecule has 1 saturated heterocycles. The van der Waals surface area contributed by atoms with Gasteiger partial charge in [-0.05, 0) is 31.1 Å². The van der Waals surface area contributed by atoms with Crippen LogP contribution in [-0.4, -0.2) is 21.7 Å². The monoisotopic (exact) mass is 248 g/mol. The second kappa shape index (κ2) is 6.01. The molecular formula is C11H17BN4S. The Morgan fingerprint density at radius 2 is 2.65 bits per heavy atom. The zero-order chi connectivity index (χ0) is 12.1. The van der Waals surface area contributed by atoms with E-state index in [0.717, 1.165) is 37.7 Å². The van der Waals surface area contributed by atoms with Crippen molar-refractivity contribution in [3.63, 3.8) is 0 Å². The molecule has 1 aliphatic rings. The molecule has 2 heterocycles. The summed E-state index contributed by atoms with van der Waals surface area (Å²) in [5, 5.41) is 13.7. The van der Waals surface area contributed by atoms with E-state index < -0.39 is 0 Å². The van der Waals surface area contributed by atoms with Gasteiger partial charge in [0.25, 0.3) is 6.71 Å². The van der Waals surface area contributed by atoms with E-state index in [4.69, 9.17) is 5.26 Å². The van der Waals surface area contributed by atoms with Crippen molar-refractivity contribution >= 4 is 24.3 Å². The summed E-state index contributed by atoms with van der Waals surface area (Å²) in [6.45, 7) is 3.37. The van der Waals surface area contributed by atoms with Crippen LogP contribution in [0.5, 0.6) is 0 Å². The third-order valence-corrected chi connectivity index (χ3v) is 4.11. The van der Waals surface area contributed by atoms with Crippen molar-refractivity contribution in [2.75, 3.05) is 4.72 Å². The van der Waals surface area contributed by atoms with Crippen molar-refractivity contribution in [3.8, 4) is 5.97 Å². The summed E-state index contributed by atoms with van der Waals surface area (Å²) in [6, 6.07) is 0. The average molecular weight is 248 g/mol. The molecule has 0 radical (unpaired) electrons. The number of aryl methyl sites for hydroxylation is 1. The fourth-order valence-electron chi connectivity index (χ4n) is 2.08. The fourth-order valence-corrected chi connectivity index (χ4v) is 3.07. The van der Waals surface area contributed by atoms with E-state index in [-0.39, 0.29) is 6.71 Å². The summed E-state index contributed by atoms with van der Waals surface area (Å²) in [6.07, 6.45) is 8.19. The second-order valence-electron chi connectivity index (χ2n) is 4.47. The minimum absolute atomic E-state index is 0.261. The van der Waals surface area contributed by atoms with E-state index in [9.17, 15) is 0 Å². The van der Waals surface area contributed by atoms with Gasteiger partial charge in [-0.1, -0.05) is 13.2 Å². The topological polar surface area (TPSA) is 53.6 Å². The Bertz CT molecular complexity index is 400. The van der Waals surface area contributed by atoms with Crippen LogP contribution in [0.3, 0.4) is 0 Å². The van der Waals surface area contributed by atoms with Gasteiger partial charge in [0, 0.05) is 24.0 Å². The zero-order valence-electron chi connectivity index (χ0n) is 10.1. The summed E-state index contributed by atoms with van der Waals surface area (Å²) < 4.78 is 5.29. The Morgan fingerprint density at radius 1 is 1.76 bits per heavy atom. The average Bonchev–Trinajstić information content (AvgIpc) is 2.95. The Morgan fingerprint density at radius 3 is 3.35 bits per heavy atom. The molecule has 0 aliphatic carbocycles. The van der Waals surface area contributed by atoms with Gasteiger partial charge in [-0.25, -0.2) is 5.26 Å². The first-order valence-corrected chi connectivity index (χ1v) is 7.03. The van der Waals surface area contributed by atoms with Crippen LogP contribution in [0, 0.1) is 11.2 Å². The van der Waals surface area contributed by atoms with E-state index in [1.165, 1.54) is 0 Å². The molecule has 17 heavy (non-hydrogen) atoms. The molecule has 1 atom stereocenters. The maximum Gasteiger partial charge on any atom is 0.269 e. The highest BCUT2D eigenvalue weighted by molar-refractivity contribution is 8.01. The third-order valence-electron chi connectivity index (χ3n) is 3.00. The van der Waals surface area contributed by atoms with Gasteiger partial charge in [0.15, 0.2) is 0 Å². The number of nitriles is 1. The predicted octanol–water partition coefficient (Wildman–Crippen LogP) is 2.68. The van der Waals surface area contributed by atoms with Gasteiger partial charge in [0.2, 0.25) is 0 Å². The maximum absolute atomic E-state index is 8.84. The minimum atomic E-state index is 0.261. The smallest absolute Gasteiger partial charge is 0.269 e. The summed E-state index contributed by atoms with van der Waals surface area (Å²) >= 11 is 1.73. The third kappa shape index (κ3) is 3.43. The predicted molar refractivity (Wildman–Crippen MR) is 73.1 cm³/mol. The van der Waals surface area contributed by atoms with Crippen LogP contribution in [0.15, 0.2) is 12.4 Å². The summed E-state index contributed by atoms with van der Waals surface area (Å²) in [5.41, 5.74) is 1.06. The van der Waals surface area contributed by atoms with Gasteiger partial charge in [0.1, 0.15) is 0 Å². The molecule has 0 spiro atoms. The zero-order valence-corrected chi connectivity index (χ0v) is 10.9. The highest BCUT2D eigenvalue weighted by atomic mass is 32.2. The highest BCUT2D eigenvalue weighted by Crippen LogP contribution is 2.31. The van der Waals surface area contributed by atoms with E-state index in [1.807, 2.05) is 17.1 Å². The standard InChI is InChI=1S/C11H17BN4S/c1-2-5-16-8-10(7-14-16)15-17-11-3-4-12(6-11)9-13/h7-8,11,15H,2-6H2,1H3. The molecule has 1 unspecified atom stereocenters. The number of anilines is 1. The lowest BCUT2D eigenvalue weighted by Gasteiger charge is -2.08. The largest absolute Gasteiger partial charge is 0.327 e. The molecule has 0 amide bonds. The number of nitrogens with one attached hydrogen (secondary N) is 1. The SMILES string of the molecule is CCCn1cc(NSC2CCB(C#N)C2)cn1.